The summed E-state index contributed by atoms with van der Waals surface area (Å²) in [6.45, 7) is 6.65. The lowest BCUT2D eigenvalue weighted by atomic mass is 10.2. The molecule has 0 radical (unpaired) electrons. The minimum absolute atomic E-state index is 0.0805. The molecule has 1 rings (SSSR count). The molecule has 0 saturated carbocycles. The molecule has 148 valence electrons. The average Bonchev–Trinajstić information content (AvgIpc) is 2.54. The van der Waals surface area contributed by atoms with Crippen molar-refractivity contribution in [1.29, 1.82) is 0 Å². The Morgan fingerprint density at radius 1 is 1.27 bits per heavy atom. The number of anilines is 1. The van der Waals surface area contributed by atoms with Gasteiger partial charge in [-0.3, -0.25) is 0 Å². The molecule has 0 fully saturated rings. The average molecular weight is 388 g/mol. The van der Waals surface area contributed by atoms with Gasteiger partial charge in [0.05, 0.1) is 24.0 Å². The highest BCUT2D eigenvalue weighted by atomic mass is 32.2. The third kappa shape index (κ3) is 7.28. The topological polar surface area (TPSA) is 114 Å². The van der Waals surface area contributed by atoms with E-state index >= 15 is 0 Å². The fourth-order valence-corrected chi connectivity index (χ4v) is 3.50. The first-order valence-corrected chi connectivity index (χ1v) is 9.89. The minimum atomic E-state index is -3.88. The van der Waals surface area contributed by atoms with Crippen LogP contribution in [0.25, 0.3) is 0 Å². The smallest absolute Gasteiger partial charge is 0.335 e. The number of methoxy groups -OCH3 is 1. The van der Waals surface area contributed by atoms with Gasteiger partial charge in [-0.15, -0.1) is 0 Å². The Bertz CT molecular complexity index is 690. The van der Waals surface area contributed by atoms with Crippen LogP contribution in [0.1, 0.15) is 37.6 Å². The van der Waals surface area contributed by atoms with Gasteiger partial charge < -0.3 is 19.9 Å². The molecule has 0 heterocycles. The SMILES string of the molecule is COC[C@@H](C)Nc1ccc(C(=O)O)cc1S(=O)(=O)NCCCOC(C)C. The number of nitrogens with one attached hydrogen (secondary N) is 2. The van der Waals surface area contributed by atoms with Crippen molar-refractivity contribution in [2.45, 2.75) is 44.2 Å². The van der Waals surface area contributed by atoms with Gasteiger partial charge in [-0.05, 0) is 45.4 Å². The predicted octanol–water partition coefficient (Wildman–Crippen LogP) is 1.93. The Morgan fingerprint density at radius 2 is 1.96 bits per heavy atom. The van der Waals surface area contributed by atoms with E-state index < -0.39 is 16.0 Å². The van der Waals surface area contributed by atoms with E-state index in [2.05, 4.69) is 10.0 Å². The molecule has 0 saturated heterocycles. The van der Waals surface area contributed by atoms with Crippen LogP contribution in [0.5, 0.6) is 0 Å². The van der Waals surface area contributed by atoms with E-state index in [9.17, 15) is 13.2 Å². The van der Waals surface area contributed by atoms with Crippen molar-refractivity contribution in [3.8, 4) is 0 Å². The standard InChI is InChI=1S/C17H28N2O6S/c1-12(2)25-9-5-8-18-26(22,23)16-10-14(17(20)21)6-7-15(16)19-13(3)11-24-4/h6-7,10,12-13,18-19H,5,8-9,11H2,1-4H3,(H,20,21)/t13-/m1/s1. The fourth-order valence-electron chi connectivity index (χ4n) is 2.23. The molecule has 26 heavy (non-hydrogen) atoms. The number of sulfonamides is 1. The van der Waals surface area contributed by atoms with Crippen LogP contribution in [0.4, 0.5) is 5.69 Å². The number of benzene rings is 1. The lowest BCUT2D eigenvalue weighted by Crippen LogP contribution is -2.28. The first-order valence-electron chi connectivity index (χ1n) is 8.41. The Kier molecular flexibility index (Phi) is 9.00. The summed E-state index contributed by atoms with van der Waals surface area (Å²) >= 11 is 0. The van der Waals surface area contributed by atoms with E-state index in [-0.39, 0.29) is 29.1 Å². The van der Waals surface area contributed by atoms with Crippen LogP contribution in [-0.4, -0.2) is 58.5 Å². The highest BCUT2D eigenvalue weighted by Crippen LogP contribution is 2.24. The molecular formula is C17H28N2O6S. The summed E-state index contributed by atoms with van der Waals surface area (Å²) in [5.41, 5.74) is 0.226. The number of carboxylic acid groups (broad SMARTS) is 1. The lowest BCUT2D eigenvalue weighted by Gasteiger charge is -2.18. The Morgan fingerprint density at radius 3 is 2.54 bits per heavy atom. The van der Waals surface area contributed by atoms with Gasteiger partial charge in [-0.1, -0.05) is 0 Å². The third-order valence-corrected chi connectivity index (χ3v) is 4.90. The second-order valence-corrected chi connectivity index (χ2v) is 7.92. The van der Waals surface area contributed by atoms with Crippen molar-refractivity contribution in [1.82, 2.24) is 4.72 Å². The van der Waals surface area contributed by atoms with Crippen molar-refractivity contribution in [3.05, 3.63) is 23.8 Å². The molecule has 3 N–H and O–H groups in total. The molecular weight excluding hydrogens is 360 g/mol. The first kappa shape index (κ1) is 22.4. The van der Waals surface area contributed by atoms with E-state index in [0.29, 0.717) is 25.3 Å². The summed E-state index contributed by atoms with van der Waals surface area (Å²) in [7, 11) is -2.33. The molecule has 0 aromatic heterocycles. The van der Waals surface area contributed by atoms with Gasteiger partial charge in [0.1, 0.15) is 4.90 Å². The van der Waals surface area contributed by atoms with Crippen molar-refractivity contribution < 1.29 is 27.8 Å². The molecule has 0 bridgehead atoms. The second kappa shape index (κ2) is 10.5. The summed E-state index contributed by atoms with van der Waals surface area (Å²) < 4.78 is 38.2. The quantitative estimate of drug-likeness (QED) is 0.469. The number of hydrogen-bond acceptors (Lipinski definition) is 6. The summed E-state index contributed by atoms with van der Waals surface area (Å²) in [5.74, 6) is -1.19. The monoisotopic (exact) mass is 388 g/mol. The normalized spacial score (nSPS) is 13.0. The van der Waals surface area contributed by atoms with E-state index in [1.54, 1.807) is 7.11 Å². The van der Waals surface area contributed by atoms with Gasteiger partial charge in [-0.25, -0.2) is 17.9 Å². The van der Waals surface area contributed by atoms with Crippen molar-refractivity contribution in [2.24, 2.45) is 0 Å². The largest absolute Gasteiger partial charge is 0.478 e. The van der Waals surface area contributed by atoms with Crippen LogP contribution in [0.15, 0.2) is 23.1 Å². The van der Waals surface area contributed by atoms with Gasteiger partial charge in [0, 0.05) is 26.3 Å². The van der Waals surface area contributed by atoms with Crippen LogP contribution in [0.3, 0.4) is 0 Å². The zero-order chi connectivity index (χ0) is 19.7. The number of carboxylic acids is 1. The number of carbonyl (C=O) groups is 1. The summed E-state index contributed by atoms with van der Waals surface area (Å²) in [4.78, 5) is 11.1. The highest BCUT2D eigenvalue weighted by molar-refractivity contribution is 7.89. The maximum atomic E-state index is 12.6. The Labute approximate surface area is 154 Å². The van der Waals surface area contributed by atoms with E-state index in [0.717, 1.165) is 6.07 Å². The molecule has 8 nitrogen and oxygen atoms in total. The van der Waals surface area contributed by atoms with Crippen LogP contribution >= 0.6 is 0 Å². The first-order chi connectivity index (χ1) is 12.2. The Hall–Kier alpha value is -1.68. The molecule has 0 aliphatic carbocycles. The summed E-state index contributed by atoms with van der Waals surface area (Å²) in [6, 6.07) is 3.81. The van der Waals surface area contributed by atoms with Crippen molar-refractivity contribution in [3.63, 3.8) is 0 Å². The van der Waals surface area contributed by atoms with Crippen LogP contribution in [0.2, 0.25) is 0 Å². The number of hydrogen-bond donors (Lipinski definition) is 3. The highest BCUT2D eigenvalue weighted by Gasteiger charge is 2.21. The van der Waals surface area contributed by atoms with Gasteiger partial charge >= 0.3 is 5.97 Å². The van der Waals surface area contributed by atoms with Gasteiger partial charge in [0.2, 0.25) is 10.0 Å². The molecule has 1 aromatic carbocycles. The van der Waals surface area contributed by atoms with E-state index in [1.165, 1.54) is 12.1 Å². The van der Waals surface area contributed by atoms with Crippen LogP contribution in [-0.2, 0) is 19.5 Å². The van der Waals surface area contributed by atoms with E-state index in [1.807, 2.05) is 20.8 Å². The molecule has 1 aromatic rings. The molecule has 0 aliphatic heterocycles. The molecule has 0 spiro atoms. The molecule has 0 aliphatic rings. The molecule has 9 heteroatoms. The lowest BCUT2D eigenvalue weighted by molar-refractivity contribution is 0.0696. The van der Waals surface area contributed by atoms with Gasteiger partial charge in [0.25, 0.3) is 0 Å². The van der Waals surface area contributed by atoms with Gasteiger partial charge in [-0.2, -0.15) is 0 Å². The second-order valence-electron chi connectivity index (χ2n) is 6.19. The minimum Gasteiger partial charge on any atom is -0.478 e. The zero-order valence-electron chi connectivity index (χ0n) is 15.6. The van der Waals surface area contributed by atoms with E-state index in [4.69, 9.17) is 14.6 Å². The fraction of sp³-hybridized carbons (Fsp3) is 0.588. The molecule has 0 unspecified atom stereocenters. The molecule has 0 amide bonds. The Balaban J connectivity index is 2.97. The summed E-state index contributed by atoms with van der Waals surface area (Å²) in [6.07, 6.45) is 0.593. The number of rotatable bonds is 12. The van der Waals surface area contributed by atoms with Gasteiger partial charge in [0.15, 0.2) is 0 Å². The predicted molar refractivity (Wildman–Crippen MR) is 99.3 cm³/mol. The van der Waals surface area contributed by atoms with Crippen molar-refractivity contribution in [2.75, 3.05) is 32.2 Å². The number of ether oxygens (including phenoxy) is 2. The van der Waals surface area contributed by atoms with Crippen LogP contribution in [0, 0.1) is 0 Å². The number of aromatic carboxylic acids is 1. The zero-order valence-corrected chi connectivity index (χ0v) is 16.4. The molecule has 1 atom stereocenters. The maximum absolute atomic E-state index is 12.6. The van der Waals surface area contributed by atoms with Crippen molar-refractivity contribution >= 4 is 21.7 Å². The maximum Gasteiger partial charge on any atom is 0.335 e. The third-order valence-electron chi connectivity index (χ3n) is 3.40. The van der Waals surface area contributed by atoms with Crippen LogP contribution < -0.4 is 10.0 Å². The summed E-state index contributed by atoms with van der Waals surface area (Å²) in [5, 5.41) is 12.2.